The molecule has 1 aliphatic rings. The summed E-state index contributed by atoms with van der Waals surface area (Å²) in [6.45, 7) is -2.80. The molecule has 3 aromatic rings. The lowest BCUT2D eigenvalue weighted by atomic mass is 10.0. The molecule has 14 heteroatoms. The molecule has 2 aromatic carbocycles. The van der Waals surface area contributed by atoms with Crippen LogP contribution in [0.4, 0.5) is 14.5 Å². The molecule has 1 atom stereocenters. The summed E-state index contributed by atoms with van der Waals surface area (Å²) in [6, 6.07) is 9.14. The Morgan fingerprint density at radius 2 is 1.75 bits per heavy atom. The summed E-state index contributed by atoms with van der Waals surface area (Å²) in [5, 5.41) is 9.30. The number of sulfone groups is 1. The maximum Gasteiger partial charge on any atom is 0.387 e. The van der Waals surface area contributed by atoms with Crippen LogP contribution in [-0.4, -0.2) is 43.5 Å². The second kappa shape index (κ2) is 13.0. The molecular formula is C26H24Cl2F2N2O7S. The number of halogens is 4. The van der Waals surface area contributed by atoms with Gasteiger partial charge in [-0.25, -0.2) is 8.42 Å². The van der Waals surface area contributed by atoms with Crippen molar-refractivity contribution in [1.82, 2.24) is 4.98 Å². The predicted molar refractivity (Wildman–Crippen MR) is 142 cm³/mol. The Morgan fingerprint density at radius 3 is 2.35 bits per heavy atom. The topological polar surface area (TPSA) is 124 Å². The highest BCUT2D eigenvalue weighted by Gasteiger charge is 2.28. The van der Waals surface area contributed by atoms with Crippen LogP contribution in [-0.2, 0) is 25.8 Å². The monoisotopic (exact) mass is 616 g/mol. The second-order valence-electron chi connectivity index (χ2n) is 9.00. The average molecular weight is 617 g/mol. The molecule has 0 radical (unpaired) electrons. The van der Waals surface area contributed by atoms with Crippen molar-refractivity contribution in [3.63, 3.8) is 0 Å². The standard InChI is InChI=1S/C26H24Cl2F2N2O7S/c27-20-11-31-12-21(28)19(20)10-23(38-25(33)14-40(35,36)18-6-4-17(32-34)5-7-18)16-3-8-22(39-26(29)30)24(9-16)37-13-15-1-2-15/h3-9,11-12,15,23,26,32,34H,1-2,10,13-14H2/t23-/m0/s1. The van der Waals surface area contributed by atoms with Gasteiger partial charge in [-0.3, -0.25) is 20.5 Å². The zero-order valence-electron chi connectivity index (χ0n) is 20.7. The van der Waals surface area contributed by atoms with E-state index in [1.807, 2.05) is 5.48 Å². The normalized spacial score (nSPS) is 14.1. The summed E-state index contributed by atoms with van der Waals surface area (Å²) in [4.78, 5) is 16.7. The molecule has 0 aliphatic heterocycles. The highest BCUT2D eigenvalue weighted by atomic mass is 35.5. The van der Waals surface area contributed by atoms with E-state index >= 15 is 0 Å². The van der Waals surface area contributed by atoms with Gasteiger partial charge in [0, 0.05) is 18.8 Å². The Labute approximate surface area is 238 Å². The molecule has 9 nitrogen and oxygen atoms in total. The molecule has 4 rings (SSSR count). The van der Waals surface area contributed by atoms with Gasteiger partial charge in [-0.05, 0) is 66.3 Å². The molecule has 2 N–H and O–H groups in total. The van der Waals surface area contributed by atoms with Crippen LogP contribution in [0.3, 0.4) is 0 Å². The van der Waals surface area contributed by atoms with Gasteiger partial charge in [-0.1, -0.05) is 29.3 Å². The zero-order chi connectivity index (χ0) is 28.9. The van der Waals surface area contributed by atoms with Gasteiger partial charge in [0.05, 0.1) is 27.2 Å². The Kier molecular flexibility index (Phi) is 9.67. The van der Waals surface area contributed by atoms with E-state index in [0.717, 1.165) is 12.8 Å². The predicted octanol–water partition coefficient (Wildman–Crippen LogP) is 5.88. The fraction of sp³-hybridized carbons (Fsp3) is 0.308. The number of nitrogens with one attached hydrogen (secondary N) is 1. The number of pyridine rings is 1. The van der Waals surface area contributed by atoms with Crippen LogP contribution in [0.2, 0.25) is 10.0 Å². The maximum atomic E-state index is 13.0. The SMILES string of the molecule is O=C(CS(=O)(=O)c1ccc(NO)cc1)O[C@@H](Cc1c(Cl)cncc1Cl)c1ccc(OC(F)F)c(OCC2CC2)c1. The minimum atomic E-state index is -4.12. The third kappa shape index (κ3) is 7.94. The highest BCUT2D eigenvalue weighted by Crippen LogP contribution is 2.38. The number of anilines is 1. The number of ether oxygens (including phenoxy) is 3. The van der Waals surface area contributed by atoms with Gasteiger partial charge in [0.2, 0.25) is 0 Å². The summed E-state index contributed by atoms with van der Waals surface area (Å²) >= 11 is 12.6. The fourth-order valence-electron chi connectivity index (χ4n) is 3.74. The summed E-state index contributed by atoms with van der Waals surface area (Å²) in [6.07, 6.45) is 3.39. The minimum Gasteiger partial charge on any atom is -0.489 e. The van der Waals surface area contributed by atoms with Crippen molar-refractivity contribution in [2.45, 2.75) is 36.9 Å². The third-order valence-electron chi connectivity index (χ3n) is 5.99. The molecule has 0 saturated heterocycles. The number of carbonyl (C=O) groups excluding carboxylic acids is 1. The number of hydrogen-bond acceptors (Lipinski definition) is 9. The molecule has 0 unspecified atom stereocenters. The van der Waals surface area contributed by atoms with Crippen molar-refractivity contribution in [1.29, 1.82) is 0 Å². The fourth-order valence-corrected chi connectivity index (χ4v) is 5.35. The number of rotatable bonds is 13. The summed E-state index contributed by atoms with van der Waals surface area (Å²) in [5.74, 6) is -1.96. The van der Waals surface area contributed by atoms with Crippen LogP contribution in [0.5, 0.6) is 11.5 Å². The molecule has 1 aromatic heterocycles. The Bertz CT molecular complexity index is 1440. The van der Waals surface area contributed by atoms with Gasteiger partial charge in [0.25, 0.3) is 0 Å². The molecule has 1 aliphatic carbocycles. The van der Waals surface area contributed by atoms with Gasteiger partial charge >= 0.3 is 12.6 Å². The van der Waals surface area contributed by atoms with Crippen molar-refractivity contribution < 1.29 is 41.4 Å². The summed E-state index contributed by atoms with van der Waals surface area (Å²) in [7, 11) is -4.12. The molecule has 214 valence electrons. The van der Waals surface area contributed by atoms with Gasteiger partial charge < -0.3 is 14.2 Å². The van der Waals surface area contributed by atoms with Crippen LogP contribution in [0, 0.1) is 5.92 Å². The molecular weight excluding hydrogens is 593 g/mol. The van der Waals surface area contributed by atoms with E-state index in [1.54, 1.807) is 0 Å². The lowest BCUT2D eigenvalue weighted by Crippen LogP contribution is -2.22. The Morgan fingerprint density at radius 1 is 1.07 bits per heavy atom. The van der Waals surface area contributed by atoms with E-state index < -0.39 is 34.3 Å². The summed E-state index contributed by atoms with van der Waals surface area (Å²) < 4.78 is 67.6. The molecule has 0 amide bonds. The highest BCUT2D eigenvalue weighted by molar-refractivity contribution is 7.92. The number of nitrogens with zero attached hydrogens (tertiary/aromatic N) is 1. The molecule has 1 fully saturated rings. The average Bonchev–Trinajstić information content (AvgIpc) is 3.74. The van der Waals surface area contributed by atoms with Crippen LogP contribution in [0.15, 0.2) is 59.8 Å². The molecule has 1 saturated carbocycles. The van der Waals surface area contributed by atoms with E-state index in [2.05, 4.69) is 9.72 Å². The summed E-state index contributed by atoms with van der Waals surface area (Å²) in [5.41, 5.74) is 2.82. The van der Waals surface area contributed by atoms with E-state index in [4.69, 9.17) is 37.9 Å². The maximum absolute atomic E-state index is 13.0. The molecule has 1 heterocycles. The van der Waals surface area contributed by atoms with Gasteiger partial charge in [0.15, 0.2) is 27.1 Å². The Balaban J connectivity index is 1.63. The number of esters is 1. The first kappa shape index (κ1) is 29.8. The van der Waals surface area contributed by atoms with E-state index in [-0.39, 0.29) is 38.5 Å². The van der Waals surface area contributed by atoms with Crippen LogP contribution >= 0.6 is 23.2 Å². The van der Waals surface area contributed by atoms with Crippen LogP contribution < -0.4 is 15.0 Å². The zero-order valence-corrected chi connectivity index (χ0v) is 23.1. The van der Waals surface area contributed by atoms with Gasteiger partial charge in [-0.15, -0.1) is 0 Å². The smallest absolute Gasteiger partial charge is 0.387 e. The lowest BCUT2D eigenvalue weighted by Gasteiger charge is -2.21. The molecule has 40 heavy (non-hydrogen) atoms. The van der Waals surface area contributed by atoms with Crippen molar-refractivity contribution in [2.75, 3.05) is 17.8 Å². The first-order valence-corrected chi connectivity index (χ1v) is 14.4. The van der Waals surface area contributed by atoms with Crippen molar-refractivity contribution >= 4 is 44.7 Å². The quantitative estimate of drug-likeness (QED) is 0.179. The lowest BCUT2D eigenvalue weighted by molar-refractivity contribution is -0.146. The van der Waals surface area contributed by atoms with E-state index in [0.29, 0.717) is 23.7 Å². The van der Waals surface area contributed by atoms with Gasteiger partial charge in [-0.2, -0.15) is 8.78 Å². The second-order valence-corrected chi connectivity index (χ2v) is 11.8. The first-order chi connectivity index (χ1) is 19.1. The first-order valence-electron chi connectivity index (χ1n) is 12.0. The van der Waals surface area contributed by atoms with Gasteiger partial charge in [0.1, 0.15) is 6.10 Å². The van der Waals surface area contributed by atoms with Crippen LogP contribution in [0.25, 0.3) is 0 Å². The number of aromatic nitrogens is 1. The Hall–Kier alpha value is -3.19. The van der Waals surface area contributed by atoms with Crippen molar-refractivity contribution in [3.05, 3.63) is 76.0 Å². The number of hydrogen-bond donors (Lipinski definition) is 2. The van der Waals surface area contributed by atoms with E-state index in [1.165, 1.54) is 54.9 Å². The van der Waals surface area contributed by atoms with Crippen LogP contribution in [0.1, 0.15) is 30.1 Å². The number of alkyl halides is 2. The van der Waals surface area contributed by atoms with Crippen molar-refractivity contribution in [3.8, 4) is 11.5 Å². The van der Waals surface area contributed by atoms with Crippen molar-refractivity contribution in [2.24, 2.45) is 5.92 Å². The molecule has 0 bridgehead atoms. The molecule has 0 spiro atoms. The minimum absolute atomic E-state index is 0.0166. The third-order valence-corrected chi connectivity index (χ3v) is 8.25. The number of carbonyl (C=O) groups is 1. The van der Waals surface area contributed by atoms with E-state index in [9.17, 15) is 22.0 Å². The largest absolute Gasteiger partial charge is 0.489 e. The number of benzene rings is 2.